The molecule has 1 aromatic heterocycles. The monoisotopic (exact) mass is 241 g/mol. The quantitative estimate of drug-likeness (QED) is 0.791. The lowest BCUT2D eigenvalue weighted by atomic mass is 10.3. The zero-order valence-corrected chi connectivity index (χ0v) is 9.54. The number of urea groups is 1. The van der Waals surface area contributed by atoms with E-state index in [1.165, 1.54) is 0 Å². The maximum absolute atomic E-state index is 11.3. The molecule has 0 aliphatic rings. The highest BCUT2D eigenvalue weighted by Crippen LogP contribution is 2.09. The van der Waals surface area contributed by atoms with Crippen molar-refractivity contribution in [2.24, 2.45) is 0 Å². The van der Waals surface area contributed by atoms with Gasteiger partial charge in [-0.3, -0.25) is 15.1 Å². The minimum Gasteiger partial charge on any atom is -0.306 e. The van der Waals surface area contributed by atoms with Gasteiger partial charge in [-0.05, 0) is 19.1 Å². The summed E-state index contributed by atoms with van der Waals surface area (Å²) in [4.78, 5) is 26.4. The standard InChI is InChI=1S/C10H12ClN3O2/c1-7-8(3-2-6-12-7)13-10(16)14-9(15)4-5-11/h2-3,6H,4-5H2,1H3,(H2,13,14,15,16). The highest BCUT2D eigenvalue weighted by Gasteiger charge is 2.08. The van der Waals surface area contributed by atoms with Crippen LogP contribution >= 0.6 is 11.6 Å². The number of nitrogens with zero attached hydrogens (tertiary/aromatic N) is 1. The van der Waals surface area contributed by atoms with E-state index in [-0.39, 0.29) is 12.3 Å². The molecule has 0 bridgehead atoms. The molecule has 2 N–H and O–H groups in total. The molecule has 16 heavy (non-hydrogen) atoms. The second-order valence-corrected chi connectivity index (χ2v) is 3.46. The average Bonchev–Trinajstić information content (AvgIpc) is 2.21. The van der Waals surface area contributed by atoms with Crippen LogP contribution in [-0.4, -0.2) is 22.8 Å². The molecule has 0 unspecified atom stereocenters. The van der Waals surface area contributed by atoms with Crippen LogP contribution in [0.15, 0.2) is 18.3 Å². The highest BCUT2D eigenvalue weighted by atomic mass is 35.5. The van der Waals surface area contributed by atoms with Crippen molar-refractivity contribution in [3.8, 4) is 0 Å². The van der Waals surface area contributed by atoms with E-state index < -0.39 is 11.9 Å². The molecule has 0 radical (unpaired) electrons. The SMILES string of the molecule is Cc1ncccc1NC(=O)NC(=O)CCCl. The molecule has 0 atom stereocenters. The molecular weight excluding hydrogens is 230 g/mol. The molecule has 1 aromatic rings. The number of carbonyl (C=O) groups excluding carboxylic acids is 2. The fourth-order valence-electron chi connectivity index (χ4n) is 1.04. The molecule has 1 rings (SSSR count). The number of nitrogens with one attached hydrogen (secondary N) is 2. The Morgan fingerprint density at radius 2 is 2.25 bits per heavy atom. The van der Waals surface area contributed by atoms with E-state index in [2.05, 4.69) is 15.6 Å². The van der Waals surface area contributed by atoms with Crippen LogP contribution in [0, 0.1) is 6.92 Å². The number of aromatic nitrogens is 1. The smallest absolute Gasteiger partial charge is 0.306 e. The Labute approximate surface area is 98.2 Å². The number of aryl methyl sites for hydroxylation is 1. The van der Waals surface area contributed by atoms with Gasteiger partial charge in [0.25, 0.3) is 0 Å². The molecule has 86 valence electrons. The van der Waals surface area contributed by atoms with Crippen LogP contribution in [-0.2, 0) is 4.79 Å². The Kier molecular flexibility index (Phi) is 4.72. The Morgan fingerprint density at radius 1 is 1.50 bits per heavy atom. The molecule has 3 amide bonds. The van der Waals surface area contributed by atoms with Gasteiger partial charge in [0.15, 0.2) is 0 Å². The lowest BCUT2D eigenvalue weighted by Gasteiger charge is -2.07. The predicted octanol–water partition coefficient (Wildman–Crippen LogP) is 1.67. The van der Waals surface area contributed by atoms with Crippen LogP contribution in [0.3, 0.4) is 0 Å². The first-order valence-electron chi connectivity index (χ1n) is 4.72. The fourth-order valence-corrected chi connectivity index (χ4v) is 1.22. The number of hydrogen-bond acceptors (Lipinski definition) is 3. The van der Waals surface area contributed by atoms with Crippen LogP contribution in [0.2, 0.25) is 0 Å². The third kappa shape index (κ3) is 3.86. The number of carbonyl (C=O) groups is 2. The number of rotatable bonds is 3. The van der Waals surface area contributed by atoms with Gasteiger partial charge in [-0.15, -0.1) is 11.6 Å². The van der Waals surface area contributed by atoms with Gasteiger partial charge in [0.1, 0.15) is 0 Å². The lowest BCUT2D eigenvalue weighted by Crippen LogP contribution is -2.34. The van der Waals surface area contributed by atoms with Gasteiger partial charge in [-0.1, -0.05) is 0 Å². The van der Waals surface area contributed by atoms with Crippen molar-refractivity contribution in [1.29, 1.82) is 0 Å². The van der Waals surface area contributed by atoms with Crippen LogP contribution < -0.4 is 10.6 Å². The molecule has 0 aliphatic heterocycles. The number of halogens is 1. The first-order chi connectivity index (χ1) is 7.63. The summed E-state index contributed by atoms with van der Waals surface area (Å²) in [7, 11) is 0. The number of alkyl halides is 1. The summed E-state index contributed by atoms with van der Waals surface area (Å²) >= 11 is 5.36. The number of amides is 3. The molecule has 0 fully saturated rings. The van der Waals surface area contributed by atoms with E-state index in [1.807, 2.05) is 0 Å². The molecule has 1 heterocycles. The molecule has 6 heteroatoms. The maximum atomic E-state index is 11.3. The van der Waals surface area contributed by atoms with E-state index in [4.69, 9.17) is 11.6 Å². The summed E-state index contributed by atoms with van der Waals surface area (Å²) in [6.07, 6.45) is 1.73. The molecule has 0 aliphatic carbocycles. The second-order valence-electron chi connectivity index (χ2n) is 3.08. The Bertz CT molecular complexity index is 395. The maximum Gasteiger partial charge on any atom is 0.325 e. The van der Waals surface area contributed by atoms with E-state index in [0.29, 0.717) is 11.4 Å². The summed E-state index contributed by atoms with van der Waals surface area (Å²) in [5, 5.41) is 4.68. The Balaban J connectivity index is 2.52. The molecule has 0 spiro atoms. The number of hydrogen-bond donors (Lipinski definition) is 2. The van der Waals surface area contributed by atoms with Gasteiger partial charge in [0.2, 0.25) is 5.91 Å². The second kappa shape index (κ2) is 6.07. The summed E-state index contributed by atoms with van der Waals surface area (Å²) in [5.74, 6) is -0.223. The van der Waals surface area contributed by atoms with Crippen molar-refractivity contribution in [2.45, 2.75) is 13.3 Å². The average molecular weight is 242 g/mol. The first kappa shape index (κ1) is 12.4. The lowest BCUT2D eigenvalue weighted by molar-refractivity contribution is -0.119. The number of pyridine rings is 1. The molecule has 0 saturated carbocycles. The van der Waals surface area contributed by atoms with Gasteiger partial charge in [0.05, 0.1) is 11.4 Å². The van der Waals surface area contributed by atoms with Gasteiger partial charge in [0, 0.05) is 18.5 Å². The largest absolute Gasteiger partial charge is 0.325 e. The fraction of sp³-hybridized carbons (Fsp3) is 0.300. The molecule has 5 nitrogen and oxygen atoms in total. The van der Waals surface area contributed by atoms with Gasteiger partial charge >= 0.3 is 6.03 Å². The van der Waals surface area contributed by atoms with Gasteiger partial charge in [-0.2, -0.15) is 0 Å². The van der Waals surface area contributed by atoms with Crippen LogP contribution in [0.4, 0.5) is 10.5 Å². The van der Waals surface area contributed by atoms with Crippen LogP contribution in [0.25, 0.3) is 0 Å². The zero-order valence-electron chi connectivity index (χ0n) is 8.79. The van der Waals surface area contributed by atoms with Crippen molar-refractivity contribution in [3.05, 3.63) is 24.0 Å². The van der Waals surface area contributed by atoms with Crippen LogP contribution in [0.5, 0.6) is 0 Å². The van der Waals surface area contributed by atoms with E-state index in [0.717, 1.165) is 0 Å². The number of imide groups is 1. The minimum atomic E-state index is -0.578. The van der Waals surface area contributed by atoms with Gasteiger partial charge < -0.3 is 5.32 Å². The van der Waals surface area contributed by atoms with Crippen molar-refractivity contribution in [1.82, 2.24) is 10.3 Å². The summed E-state index contributed by atoms with van der Waals surface area (Å²) in [6.45, 7) is 1.76. The topological polar surface area (TPSA) is 71.1 Å². The molecule has 0 saturated heterocycles. The minimum absolute atomic E-state index is 0.112. The Morgan fingerprint density at radius 3 is 2.88 bits per heavy atom. The summed E-state index contributed by atoms with van der Waals surface area (Å²) in [5.41, 5.74) is 1.25. The van der Waals surface area contributed by atoms with Gasteiger partial charge in [-0.25, -0.2) is 4.79 Å². The molecule has 0 aromatic carbocycles. The van der Waals surface area contributed by atoms with Crippen molar-refractivity contribution in [2.75, 3.05) is 11.2 Å². The summed E-state index contributed by atoms with van der Waals surface area (Å²) in [6, 6.07) is 2.82. The van der Waals surface area contributed by atoms with E-state index in [1.54, 1.807) is 25.3 Å². The normalized spacial score (nSPS) is 9.62. The third-order valence-electron chi connectivity index (χ3n) is 1.83. The molecular formula is C10H12ClN3O2. The number of anilines is 1. The van der Waals surface area contributed by atoms with Crippen LogP contribution in [0.1, 0.15) is 12.1 Å². The third-order valence-corrected chi connectivity index (χ3v) is 2.02. The van der Waals surface area contributed by atoms with E-state index >= 15 is 0 Å². The Hall–Kier alpha value is -1.62. The van der Waals surface area contributed by atoms with Crippen molar-refractivity contribution in [3.63, 3.8) is 0 Å². The predicted molar refractivity (Wildman–Crippen MR) is 61.5 cm³/mol. The summed E-state index contributed by atoms with van der Waals surface area (Å²) < 4.78 is 0. The zero-order chi connectivity index (χ0) is 12.0. The van der Waals surface area contributed by atoms with Crippen molar-refractivity contribution >= 4 is 29.2 Å². The van der Waals surface area contributed by atoms with E-state index in [9.17, 15) is 9.59 Å². The first-order valence-corrected chi connectivity index (χ1v) is 5.25. The highest BCUT2D eigenvalue weighted by molar-refractivity contribution is 6.19. The van der Waals surface area contributed by atoms with Crippen molar-refractivity contribution < 1.29 is 9.59 Å².